The Morgan fingerprint density at radius 1 is 1.02 bits per heavy atom. The summed E-state index contributed by atoms with van der Waals surface area (Å²) in [5.74, 6) is -2.15. The number of amides is 1. The van der Waals surface area contributed by atoms with Gasteiger partial charge in [0.1, 0.15) is 29.2 Å². The molecule has 16 heteroatoms. The summed E-state index contributed by atoms with van der Waals surface area (Å²) in [6.45, 7) is 3.25. The number of hydrogen-bond donors (Lipinski definition) is 3. The molecule has 1 amide bonds. The van der Waals surface area contributed by atoms with Gasteiger partial charge in [-0.2, -0.15) is 0 Å². The SMILES string of the molecule is Cc1c(Cl)cccc1S(=O)(=O)Nc1ccc(F)c(Nc2ncnc3ccc(-n4cc(C(=O)N5CCOCC5)c5c(N)cccc54)nc23)c1F. The van der Waals surface area contributed by atoms with Crippen molar-refractivity contribution in [2.24, 2.45) is 0 Å². The first-order chi connectivity index (χ1) is 23.5. The van der Waals surface area contributed by atoms with Crippen molar-refractivity contribution in [1.29, 1.82) is 0 Å². The number of anilines is 4. The normalized spacial score (nSPS) is 13.6. The fraction of sp³-hybridized carbons (Fsp3) is 0.152. The number of nitrogen functional groups attached to an aromatic ring is 1. The molecule has 1 aliphatic heterocycles. The molecule has 6 aromatic rings. The molecule has 1 aliphatic rings. The number of pyridine rings is 1. The predicted octanol–water partition coefficient (Wildman–Crippen LogP) is 5.81. The van der Waals surface area contributed by atoms with Gasteiger partial charge in [-0.15, -0.1) is 0 Å². The number of hydrogen-bond acceptors (Lipinski definition) is 9. The average molecular weight is 705 g/mol. The number of nitrogens with zero attached hydrogens (tertiary/aromatic N) is 5. The molecule has 12 nitrogen and oxygen atoms in total. The third kappa shape index (κ3) is 5.85. The Kier molecular flexibility index (Phi) is 8.26. The summed E-state index contributed by atoms with van der Waals surface area (Å²) in [5, 5.41) is 3.41. The van der Waals surface area contributed by atoms with Gasteiger partial charge in [0.15, 0.2) is 11.6 Å². The van der Waals surface area contributed by atoms with E-state index in [1.165, 1.54) is 31.5 Å². The molecule has 0 atom stereocenters. The van der Waals surface area contributed by atoms with E-state index in [4.69, 9.17) is 27.1 Å². The van der Waals surface area contributed by atoms with Gasteiger partial charge in [-0.25, -0.2) is 32.2 Å². The number of carbonyl (C=O) groups excluding carboxylic acids is 1. The van der Waals surface area contributed by atoms with Crippen LogP contribution in [0.25, 0.3) is 27.8 Å². The number of nitrogens with one attached hydrogen (secondary N) is 2. The van der Waals surface area contributed by atoms with Crippen LogP contribution in [0.3, 0.4) is 0 Å². The van der Waals surface area contributed by atoms with Gasteiger partial charge in [0.2, 0.25) is 0 Å². The van der Waals surface area contributed by atoms with Crippen molar-refractivity contribution in [2.75, 3.05) is 42.1 Å². The number of carbonyl (C=O) groups is 1. The first-order valence-corrected chi connectivity index (χ1v) is 16.8. The third-order valence-corrected chi connectivity index (χ3v) is 10.1. The Labute approximate surface area is 283 Å². The second-order valence-electron chi connectivity index (χ2n) is 11.2. The largest absolute Gasteiger partial charge is 0.398 e. The van der Waals surface area contributed by atoms with Crippen LogP contribution in [0.15, 0.2) is 78.1 Å². The second kappa shape index (κ2) is 12.6. The molecule has 0 unspecified atom stereocenters. The Morgan fingerprint density at radius 3 is 2.59 bits per heavy atom. The van der Waals surface area contributed by atoms with Crippen LogP contribution in [0.2, 0.25) is 5.02 Å². The molecule has 0 saturated carbocycles. The Bertz CT molecular complexity index is 2400. The summed E-state index contributed by atoms with van der Waals surface area (Å²) in [6, 6.07) is 14.8. The zero-order valence-corrected chi connectivity index (χ0v) is 27.3. The van der Waals surface area contributed by atoms with Gasteiger partial charge in [-0.1, -0.05) is 23.7 Å². The maximum absolute atomic E-state index is 15.9. The van der Waals surface area contributed by atoms with Crippen molar-refractivity contribution in [2.45, 2.75) is 11.8 Å². The monoisotopic (exact) mass is 704 g/mol. The molecule has 1 saturated heterocycles. The molecule has 3 aromatic carbocycles. The van der Waals surface area contributed by atoms with Crippen LogP contribution in [0, 0.1) is 18.6 Å². The summed E-state index contributed by atoms with van der Waals surface area (Å²) in [6.07, 6.45) is 2.85. The summed E-state index contributed by atoms with van der Waals surface area (Å²) in [5.41, 5.74) is 7.34. The van der Waals surface area contributed by atoms with Crippen LogP contribution >= 0.6 is 11.6 Å². The van der Waals surface area contributed by atoms with Crippen molar-refractivity contribution < 1.29 is 26.7 Å². The van der Waals surface area contributed by atoms with Crippen LogP contribution < -0.4 is 15.8 Å². The molecule has 0 bridgehead atoms. The van der Waals surface area contributed by atoms with Crippen LogP contribution in [0.1, 0.15) is 15.9 Å². The van der Waals surface area contributed by atoms with E-state index in [1.807, 2.05) is 0 Å². The molecule has 3 aromatic heterocycles. The number of nitrogens with two attached hydrogens (primary N) is 1. The number of fused-ring (bicyclic) bond motifs is 2. The fourth-order valence-corrected chi connectivity index (χ4v) is 7.26. The number of aromatic nitrogens is 4. The lowest BCUT2D eigenvalue weighted by atomic mass is 10.1. The van der Waals surface area contributed by atoms with Crippen LogP contribution in [-0.2, 0) is 14.8 Å². The van der Waals surface area contributed by atoms with Crippen LogP contribution in [0.4, 0.5) is 31.7 Å². The summed E-state index contributed by atoms with van der Waals surface area (Å²) in [4.78, 5) is 28.3. The van der Waals surface area contributed by atoms with Gasteiger partial charge in [0.25, 0.3) is 15.9 Å². The molecule has 0 aliphatic carbocycles. The Balaban J connectivity index is 1.28. The maximum Gasteiger partial charge on any atom is 0.262 e. The van der Waals surface area contributed by atoms with Gasteiger partial charge < -0.3 is 25.3 Å². The number of ether oxygens (including phenoxy) is 1. The molecule has 49 heavy (non-hydrogen) atoms. The van der Waals surface area contributed by atoms with Crippen molar-refractivity contribution >= 4 is 72.3 Å². The number of morpholine rings is 1. The predicted molar refractivity (Wildman–Crippen MR) is 182 cm³/mol. The first-order valence-electron chi connectivity index (χ1n) is 14.9. The van der Waals surface area contributed by atoms with Crippen molar-refractivity contribution in [3.63, 3.8) is 0 Å². The van der Waals surface area contributed by atoms with Crippen molar-refractivity contribution in [3.05, 3.63) is 101 Å². The standard InChI is InChI=1S/C33H27ClF2N8O4S/c1-18-20(34)4-2-7-26(18)49(46,47)42-23-9-8-21(35)30(29(23)36)41-32-31-24(38-17-39-32)10-11-27(40-31)44-16-19(28-22(37)5-3-6-25(28)44)33(45)43-12-14-48-15-13-43/h2-11,16-17,42H,12-15,37H2,1H3,(H,38,39,41). The number of benzene rings is 3. The van der Waals surface area contributed by atoms with Crippen LogP contribution in [-0.4, -0.2) is 65.0 Å². The average Bonchev–Trinajstić information content (AvgIpc) is 3.50. The molecule has 1 fully saturated rings. The number of rotatable bonds is 7. The lowest BCUT2D eigenvalue weighted by Gasteiger charge is -2.26. The summed E-state index contributed by atoms with van der Waals surface area (Å²) >= 11 is 6.10. The molecule has 250 valence electrons. The second-order valence-corrected chi connectivity index (χ2v) is 13.3. The van der Waals surface area contributed by atoms with Gasteiger partial charge in [-0.05, 0) is 61.0 Å². The van der Waals surface area contributed by atoms with E-state index < -0.39 is 33.0 Å². The third-order valence-electron chi connectivity index (χ3n) is 8.19. The van der Waals surface area contributed by atoms with Gasteiger partial charge in [0.05, 0.1) is 40.4 Å². The van der Waals surface area contributed by atoms with Crippen LogP contribution in [0.5, 0.6) is 0 Å². The molecule has 0 radical (unpaired) electrons. The summed E-state index contributed by atoms with van der Waals surface area (Å²) in [7, 11) is -4.30. The minimum Gasteiger partial charge on any atom is -0.398 e. The molecule has 4 heterocycles. The molecular weight excluding hydrogens is 678 g/mol. The van der Waals surface area contributed by atoms with Crippen molar-refractivity contribution in [3.8, 4) is 5.82 Å². The van der Waals surface area contributed by atoms with Gasteiger partial charge in [-0.3, -0.25) is 9.52 Å². The fourth-order valence-electron chi connectivity index (χ4n) is 5.70. The van der Waals surface area contributed by atoms with Crippen molar-refractivity contribution in [1.82, 2.24) is 24.4 Å². The van der Waals surface area contributed by atoms with E-state index in [-0.39, 0.29) is 32.7 Å². The van der Waals surface area contributed by atoms with E-state index in [1.54, 1.807) is 46.0 Å². The highest BCUT2D eigenvalue weighted by Crippen LogP contribution is 2.34. The highest BCUT2D eigenvalue weighted by molar-refractivity contribution is 7.92. The molecule has 7 rings (SSSR count). The molecular formula is C33H27ClF2N8O4S. The summed E-state index contributed by atoms with van der Waals surface area (Å²) < 4.78 is 66.6. The zero-order valence-electron chi connectivity index (χ0n) is 25.7. The van der Waals surface area contributed by atoms with E-state index in [0.29, 0.717) is 59.8 Å². The smallest absolute Gasteiger partial charge is 0.262 e. The quantitative estimate of drug-likeness (QED) is 0.175. The maximum atomic E-state index is 15.9. The zero-order chi connectivity index (χ0) is 34.4. The molecule has 0 spiro atoms. The Hall–Kier alpha value is -5.38. The van der Waals surface area contributed by atoms with Gasteiger partial charge in [0, 0.05) is 35.4 Å². The lowest BCUT2D eigenvalue weighted by Crippen LogP contribution is -2.40. The highest BCUT2D eigenvalue weighted by atomic mass is 35.5. The van der Waals surface area contributed by atoms with Gasteiger partial charge >= 0.3 is 0 Å². The topological polar surface area (TPSA) is 157 Å². The van der Waals surface area contributed by atoms with E-state index >= 15 is 8.78 Å². The first kappa shape index (κ1) is 32.2. The molecule has 4 N–H and O–H groups in total. The Morgan fingerprint density at radius 2 is 1.80 bits per heavy atom. The minimum absolute atomic E-state index is 0.0593. The van der Waals surface area contributed by atoms with E-state index in [0.717, 1.165) is 12.1 Å². The number of halogens is 3. The number of sulfonamides is 1. The van der Waals surface area contributed by atoms with E-state index in [2.05, 4.69) is 20.0 Å². The lowest BCUT2D eigenvalue weighted by molar-refractivity contribution is 0.0304. The minimum atomic E-state index is -4.30. The van der Waals surface area contributed by atoms with E-state index in [9.17, 15) is 13.2 Å². The highest BCUT2D eigenvalue weighted by Gasteiger charge is 2.26.